The molecule has 0 aromatic heterocycles. The fourth-order valence-corrected chi connectivity index (χ4v) is 2.61. The number of hydrogen-bond acceptors (Lipinski definition) is 5. The molecule has 0 amide bonds. The molecule has 0 atom stereocenters. The van der Waals surface area contributed by atoms with Gasteiger partial charge < -0.3 is 14.9 Å². The van der Waals surface area contributed by atoms with Gasteiger partial charge in [-0.2, -0.15) is 0 Å². The molecular formula is C14H24N4O2. The lowest BCUT2D eigenvalue weighted by molar-refractivity contribution is -0.137. The lowest BCUT2D eigenvalue weighted by Crippen LogP contribution is -2.53. The molecule has 6 heteroatoms. The molecule has 0 unspecified atom stereocenters. The number of carboxylic acids is 1. The molecule has 1 saturated heterocycles. The second-order valence-electron chi connectivity index (χ2n) is 5.37. The molecule has 0 aromatic rings. The van der Waals surface area contributed by atoms with E-state index in [0.717, 1.165) is 58.1 Å². The lowest BCUT2D eigenvalue weighted by Gasteiger charge is -2.39. The van der Waals surface area contributed by atoms with E-state index in [9.17, 15) is 4.79 Å². The third-order valence-corrected chi connectivity index (χ3v) is 3.79. The van der Waals surface area contributed by atoms with E-state index in [1.165, 1.54) is 0 Å². The zero-order valence-corrected chi connectivity index (χ0v) is 12.2. The Bertz CT molecular complexity index is 387. The zero-order valence-electron chi connectivity index (χ0n) is 12.2. The molecule has 20 heavy (non-hydrogen) atoms. The predicted molar refractivity (Wildman–Crippen MR) is 78.7 cm³/mol. The van der Waals surface area contributed by atoms with Crippen LogP contribution in [0, 0.1) is 0 Å². The van der Waals surface area contributed by atoms with E-state index in [-0.39, 0.29) is 6.42 Å². The third-order valence-electron chi connectivity index (χ3n) is 3.79. The fourth-order valence-electron chi connectivity index (χ4n) is 2.61. The summed E-state index contributed by atoms with van der Waals surface area (Å²) in [4.78, 5) is 21.8. The number of aliphatic carboxylic acids is 1. The number of unbranched alkanes of at least 4 members (excludes halogenated alkanes) is 1. The van der Waals surface area contributed by atoms with Gasteiger partial charge in [0.15, 0.2) is 0 Å². The second kappa shape index (κ2) is 7.28. The van der Waals surface area contributed by atoms with Crippen molar-refractivity contribution in [2.45, 2.75) is 19.3 Å². The average Bonchev–Trinajstić information content (AvgIpc) is 2.45. The number of guanidine groups is 1. The van der Waals surface area contributed by atoms with E-state index in [1.54, 1.807) is 0 Å². The highest BCUT2D eigenvalue weighted by Gasteiger charge is 2.22. The quantitative estimate of drug-likeness (QED) is 0.750. The molecule has 0 saturated carbocycles. The second-order valence-corrected chi connectivity index (χ2v) is 5.37. The van der Waals surface area contributed by atoms with Crippen LogP contribution >= 0.6 is 0 Å². The number of likely N-dealkylation sites (N-methyl/N-ethyl adjacent to an activating group) is 1. The first-order valence-electron chi connectivity index (χ1n) is 7.30. The number of aliphatic imine (C=N–C) groups is 1. The minimum Gasteiger partial charge on any atom is -0.481 e. The normalized spacial score (nSPS) is 20.1. The van der Waals surface area contributed by atoms with Crippen LogP contribution in [0.5, 0.6) is 0 Å². The number of piperazine rings is 1. The van der Waals surface area contributed by atoms with E-state index in [0.29, 0.717) is 0 Å². The molecule has 2 aliphatic heterocycles. The molecule has 0 bridgehead atoms. The summed E-state index contributed by atoms with van der Waals surface area (Å²) in [5.41, 5.74) is 0. The van der Waals surface area contributed by atoms with Gasteiger partial charge in [0.05, 0.1) is 0 Å². The van der Waals surface area contributed by atoms with E-state index >= 15 is 0 Å². The van der Waals surface area contributed by atoms with Crippen molar-refractivity contribution in [3.63, 3.8) is 0 Å². The number of carbonyl (C=O) groups is 1. The number of nitrogens with zero attached hydrogens (tertiary/aromatic N) is 4. The monoisotopic (exact) mass is 280 g/mol. The standard InChI is InChI=1S/C14H24N4O2/c1-16-7-4-6-15-14(16)18-11-9-17(10-12-18)8-3-2-5-13(19)20/h4,6H,2-3,5,7-12H2,1H3,(H,19,20). The van der Waals surface area contributed by atoms with E-state index in [4.69, 9.17) is 5.11 Å². The summed E-state index contributed by atoms with van der Waals surface area (Å²) in [6, 6.07) is 0. The Hall–Kier alpha value is -1.56. The number of rotatable bonds is 5. The zero-order chi connectivity index (χ0) is 14.4. The molecule has 6 nitrogen and oxygen atoms in total. The summed E-state index contributed by atoms with van der Waals surface area (Å²) in [6.07, 6.45) is 5.97. The largest absolute Gasteiger partial charge is 0.481 e. The molecule has 0 aromatic carbocycles. The highest BCUT2D eigenvalue weighted by molar-refractivity contribution is 5.81. The van der Waals surface area contributed by atoms with Gasteiger partial charge in [0.1, 0.15) is 0 Å². The van der Waals surface area contributed by atoms with Gasteiger partial charge in [-0.05, 0) is 25.5 Å². The molecule has 1 N–H and O–H groups in total. The van der Waals surface area contributed by atoms with Crippen molar-refractivity contribution >= 4 is 11.9 Å². The molecule has 0 spiro atoms. The van der Waals surface area contributed by atoms with Gasteiger partial charge in [-0.25, -0.2) is 4.99 Å². The maximum Gasteiger partial charge on any atom is 0.303 e. The molecule has 0 radical (unpaired) electrons. The first-order valence-corrected chi connectivity index (χ1v) is 7.30. The van der Waals surface area contributed by atoms with Gasteiger partial charge in [-0.3, -0.25) is 9.69 Å². The van der Waals surface area contributed by atoms with Crippen molar-refractivity contribution in [2.75, 3.05) is 46.3 Å². The van der Waals surface area contributed by atoms with Crippen LogP contribution in [-0.2, 0) is 4.79 Å². The fraction of sp³-hybridized carbons (Fsp3) is 0.714. The van der Waals surface area contributed by atoms with Gasteiger partial charge in [-0.1, -0.05) is 0 Å². The Morgan fingerprint density at radius 2 is 2.05 bits per heavy atom. The summed E-state index contributed by atoms with van der Waals surface area (Å²) in [5, 5.41) is 8.61. The lowest BCUT2D eigenvalue weighted by atomic mass is 10.2. The third kappa shape index (κ3) is 4.23. The van der Waals surface area contributed by atoms with Crippen LogP contribution in [0.3, 0.4) is 0 Å². The number of carboxylic acid groups (broad SMARTS) is 1. The van der Waals surface area contributed by atoms with E-state index < -0.39 is 5.97 Å². The van der Waals surface area contributed by atoms with Crippen molar-refractivity contribution < 1.29 is 9.90 Å². The Labute approximate surface area is 120 Å². The van der Waals surface area contributed by atoms with Crippen molar-refractivity contribution in [3.8, 4) is 0 Å². The Kier molecular flexibility index (Phi) is 5.40. The van der Waals surface area contributed by atoms with Crippen LogP contribution in [-0.4, -0.2) is 78.1 Å². The van der Waals surface area contributed by atoms with E-state index in [2.05, 4.69) is 32.8 Å². The molecule has 0 aliphatic carbocycles. The summed E-state index contributed by atoms with van der Waals surface area (Å²) in [5.74, 6) is 0.374. The van der Waals surface area contributed by atoms with Crippen molar-refractivity contribution in [3.05, 3.63) is 12.3 Å². The van der Waals surface area contributed by atoms with Gasteiger partial charge >= 0.3 is 5.97 Å². The number of hydrogen-bond donors (Lipinski definition) is 1. The van der Waals surface area contributed by atoms with Crippen LogP contribution < -0.4 is 0 Å². The first kappa shape index (κ1) is 14.8. The van der Waals surface area contributed by atoms with Gasteiger partial charge in [-0.15, -0.1) is 0 Å². The van der Waals surface area contributed by atoms with Crippen molar-refractivity contribution in [1.82, 2.24) is 14.7 Å². The smallest absolute Gasteiger partial charge is 0.303 e. The van der Waals surface area contributed by atoms with Crippen LogP contribution in [0.2, 0.25) is 0 Å². The Balaban J connectivity index is 1.68. The Morgan fingerprint density at radius 3 is 2.70 bits per heavy atom. The topological polar surface area (TPSA) is 59.4 Å². The summed E-state index contributed by atoms with van der Waals surface area (Å²) in [7, 11) is 2.07. The highest BCUT2D eigenvalue weighted by atomic mass is 16.4. The van der Waals surface area contributed by atoms with Crippen LogP contribution in [0.25, 0.3) is 0 Å². The van der Waals surface area contributed by atoms with Crippen LogP contribution in [0.1, 0.15) is 19.3 Å². The van der Waals surface area contributed by atoms with E-state index in [1.807, 2.05) is 6.20 Å². The minimum absolute atomic E-state index is 0.286. The SMILES string of the molecule is CN1CC=CN=C1N1CCN(CCCCC(=O)O)CC1. The first-order chi connectivity index (χ1) is 9.66. The molecule has 2 aliphatic rings. The minimum atomic E-state index is -0.693. The summed E-state index contributed by atoms with van der Waals surface area (Å²) < 4.78 is 0. The Morgan fingerprint density at radius 1 is 1.30 bits per heavy atom. The van der Waals surface area contributed by atoms with Crippen LogP contribution in [0.15, 0.2) is 17.3 Å². The van der Waals surface area contributed by atoms with Gasteiger partial charge in [0.2, 0.25) is 5.96 Å². The molecular weight excluding hydrogens is 256 g/mol. The van der Waals surface area contributed by atoms with Crippen LogP contribution in [0.4, 0.5) is 0 Å². The van der Waals surface area contributed by atoms with Gasteiger partial charge in [0, 0.05) is 52.4 Å². The summed E-state index contributed by atoms with van der Waals surface area (Å²) >= 11 is 0. The molecule has 112 valence electrons. The van der Waals surface area contributed by atoms with Gasteiger partial charge in [0.25, 0.3) is 0 Å². The highest BCUT2D eigenvalue weighted by Crippen LogP contribution is 2.09. The van der Waals surface area contributed by atoms with Crippen molar-refractivity contribution in [2.24, 2.45) is 4.99 Å². The summed E-state index contributed by atoms with van der Waals surface area (Å²) in [6.45, 7) is 5.98. The molecule has 2 rings (SSSR count). The molecule has 2 heterocycles. The average molecular weight is 280 g/mol. The maximum atomic E-state index is 10.5. The molecule has 1 fully saturated rings. The predicted octanol–water partition coefficient (Wildman–Crippen LogP) is 0.674. The maximum absolute atomic E-state index is 10.5. The van der Waals surface area contributed by atoms with Crippen molar-refractivity contribution in [1.29, 1.82) is 0 Å².